The third-order valence-electron chi connectivity index (χ3n) is 4.92. The molecule has 140 valence electrons. The topological polar surface area (TPSA) is 109 Å². The summed E-state index contributed by atoms with van der Waals surface area (Å²) in [6, 6.07) is 9.95. The number of anilines is 1. The van der Waals surface area contributed by atoms with E-state index in [1.807, 2.05) is 6.07 Å². The summed E-state index contributed by atoms with van der Waals surface area (Å²) in [5.41, 5.74) is 3.01. The first-order chi connectivity index (χ1) is 14.1. The molecule has 8 nitrogen and oxygen atoms in total. The highest BCUT2D eigenvalue weighted by atomic mass is 16.2. The van der Waals surface area contributed by atoms with Crippen LogP contribution in [-0.4, -0.2) is 37.8 Å². The number of carbonyl (C=O) groups is 3. The monoisotopic (exact) mass is 383 g/mol. The molecule has 1 aliphatic rings. The fourth-order valence-electron chi connectivity index (χ4n) is 3.50. The van der Waals surface area contributed by atoms with Gasteiger partial charge < -0.3 is 0 Å². The summed E-state index contributed by atoms with van der Waals surface area (Å²) in [6.07, 6.45) is 4.66. The van der Waals surface area contributed by atoms with Gasteiger partial charge in [-0.1, -0.05) is 0 Å². The molecule has 5 rings (SSSR count). The Hall–Kier alpha value is -4.20. The molecule has 0 aliphatic carbocycles. The molecule has 0 saturated carbocycles. The number of fused-ring (bicyclic) bond motifs is 3. The molecule has 1 aromatic carbocycles. The van der Waals surface area contributed by atoms with Crippen LogP contribution in [0.15, 0.2) is 55.0 Å². The minimum absolute atomic E-state index is 0.0932. The normalized spacial score (nSPS) is 13.2. The van der Waals surface area contributed by atoms with E-state index in [1.165, 1.54) is 13.1 Å². The van der Waals surface area contributed by atoms with Crippen LogP contribution in [0.3, 0.4) is 0 Å². The smallest absolute Gasteiger partial charge is 0.267 e. The first-order valence-electron chi connectivity index (χ1n) is 8.83. The maximum atomic E-state index is 13.3. The lowest BCUT2D eigenvalue weighted by molar-refractivity contribution is 0.0925. The van der Waals surface area contributed by atoms with Crippen molar-refractivity contribution in [2.45, 2.75) is 6.92 Å². The fourth-order valence-corrected chi connectivity index (χ4v) is 3.50. The van der Waals surface area contributed by atoms with Crippen LogP contribution >= 0.6 is 0 Å². The van der Waals surface area contributed by atoms with Crippen molar-refractivity contribution < 1.29 is 14.4 Å². The Morgan fingerprint density at radius 2 is 1.83 bits per heavy atom. The van der Waals surface area contributed by atoms with Crippen molar-refractivity contribution in [3.63, 3.8) is 0 Å². The number of H-pyrrole nitrogens is 1. The molecule has 0 unspecified atom stereocenters. The van der Waals surface area contributed by atoms with E-state index >= 15 is 0 Å². The second-order valence-corrected chi connectivity index (χ2v) is 6.63. The van der Waals surface area contributed by atoms with Gasteiger partial charge in [0.2, 0.25) is 0 Å². The number of nitrogens with one attached hydrogen (secondary N) is 1. The number of rotatable bonds is 3. The van der Waals surface area contributed by atoms with Crippen LogP contribution in [0.25, 0.3) is 22.3 Å². The summed E-state index contributed by atoms with van der Waals surface area (Å²) in [7, 11) is 0. The molecule has 0 saturated heterocycles. The number of pyridine rings is 2. The summed E-state index contributed by atoms with van der Waals surface area (Å²) in [5, 5.41) is 7.56. The van der Waals surface area contributed by atoms with Crippen LogP contribution < -0.4 is 4.90 Å². The SMILES string of the molecule is CC(=O)c1ccc(N2C(=O)c3cnc4n[nH]c(-c5cccnc5)c4c3C2=O)cc1. The zero-order valence-electron chi connectivity index (χ0n) is 15.2. The lowest BCUT2D eigenvalue weighted by Crippen LogP contribution is -2.29. The molecule has 4 aromatic rings. The van der Waals surface area contributed by atoms with Crippen LogP contribution in [0.1, 0.15) is 38.0 Å². The summed E-state index contributed by atoms with van der Waals surface area (Å²) < 4.78 is 0. The van der Waals surface area contributed by atoms with Crippen molar-refractivity contribution in [3.05, 3.63) is 71.7 Å². The van der Waals surface area contributed by atoms with Gasteiger partial charge in [-0.05, 0) is 43.3 Å². The largest absolute Gasteiger partial charge is 0.295 e. The highest BCUT2D eigenvalue weighted by Gasteiger charge is 2.40. The number of aromatic nitrogens is 4. The number of benzene rings is 1. The molecule has 1 aliphatic heterocycles. The summed E-state index contributed by atoms with van der Waals surface area (Å²) >= 11 is 0. The lowest BCUT2D eigenvalue weighted by Gasteiger charge is -2.14. The van der Waals surface area contributed by atoms with E-state index in [9.17, 15) is 14.4 Å². The van der Waals surface area contributed by atoms with Crippen molar-refractivity contribution in [3.8, 4) is 11.3 Å². The number of carbonyl (C=O) groups excluding carboxylic acids is 3. The number of nitrogens with zero attached hydrogens (tertiary/aromatic N) is 4. The molecular formula is C21H13N5O3. The third-order valence-corrected chi connectivity index (χ3v) is 4.92. The number of aromatic amines is 1. The lowest BCUT2D eigenvalue weighted by atomic mass is 10.0. The second-order valence-electron chi connectivity index (χ2n) is 6.63. The van der Waals surface area contributed by atoms with E-state index in [0.29, 0.717) is 28.0 Å². The molecule has 0 fully saturated rings. The van der Waals surface area contributed by atoms with E-state index in [-0.39, 0.29) is 16.9 Å². The van der Waals surface area contributed by atoms with Gasteiger partial charge in [-0.2, -0.15) is 5.10 Å². The molecule has 4 heterocycles. The first kappa shape index (κ1) is 16.9. The Labute approximate surface area is 164 Å². The van der Waals surface area contributed by atoms with Gasteiger partial charge in [0.25, 0.3) is 11.8 Å². The molecule has 1 N–H and O–H groups in total. The van der Waals surface area contributed by atoms with Crippen molar-refractivity contribution >= 4 is 34.3 Å². The maximum Gasteiger partial charge on any atom is 0.267 e. The Kier molecular flexibility index (Phi) is 3.60. The van der Waals surface area contributed by atoms with E-state index in [2.05, 4.69) is 20.2 Å². The summed E-state index contributed by atoms with van der Waals surface area (Å²) in [6.45, 7) is 1.46. The first-order valence-corrected chi connectivity index (χ1v) is 8.83. The average molecular weight is 383 g/mol. The average Bonchev–Trinajstić information content (AvgIpc) is 3.28. The van der Waals surface area contributed by atoms with Crippen molar-refractivity contribution in [2.24, 2.45) is 0 Å². The highest BCUT2D eigenvalue weighted by Crippen LogP contribution is 2.36. The van der Waals surface area contributed by atoms with Crippen LogP contribution in [0.4, 0.5) is 5.69 Å². The molecule has 0 spiro atoms. The van der Waals surface area contributed by atoms with Crippen molar-refractivity contribution in [1.29, 1.82) is 0 Å². The zero-order chi connectivity index (χ0) is 20.1. The summed E-state index contributed by atoms with van der Waals surface area (Å²) in [4.78, 5) is 47.2. The number of Topliss-reactive ketones (excluding diaryl/α,β-unsaturated/α-hetero) is 1. The molecule has 29 heavy (non-hydrogen) atoms. The Morgan fingerprint density at radius 1 is 1.03 bits per heavy atom. The Bertz CT molecular complexity index is 1310. The number of amides is 2. The standard InChI is InChI=1S/C21H13N5O3/c1-11(27)12-4-6-14(7-5-12)26-20(28)15-10-23-19-17(16(15)21(26)29)18(24-25-19)13-3-2-8-22-9-13/h2-10H,1H3,(H,23,24,25). The quantitative estimate of drug-likeness (QED) is 0.430. The minimum Gasteiger partial charge on any atom is -0.295 e. The van der Waals surface area contributed by atoms with Gasteiger partial charge in [0.15, 0.2) is 11.4 Å². The zero-order valence-corrected chi connectivity index (χ0v) is 15.2. The van der Waals surface area contributed by atoms with Gasteiger partial charge in [-0.25, -0.2) is 9.88 Å². The van der Waals surface area contributed by atoms with Crippen LogP contribution in [0, 0.1) is 0 Å². The van der Waals surface area contributed by atoms with Gasteiger partial charge in [-0.15, -0.1) is 0 Å². The van der Waals surface area contributed by atoms with Gasteiger partial charge >= 0.3 is 0 Å². The molecular weight excluding hydrogens is 370 g/mol. The predicted octanol–water partition coefficient (Wildman–Crippen LogP) is 3.02. The molecule has 0 radical (unpaired) electrons. The van der Waals surface area contributed by atoms with E-state index in [1.54, 1.807) is 42.7 Å². The summed E-state index contributed by atoms with van der Waals surface area (Å²) in [5.74, 6) is -1.02. The van der Waals surface area contributed by atoms with Crippen molar-refractivity contribution in [1.82, 2.24) is 20.2 Å². The number of hydrogen-bond acceptors (Lipinski definition) is 6. The van der Waals surface area contributed by atoms with Gasteiger partial charge in [0.1, 0.15) is 0 Å². The number of imide groups is 1. The van der Waals surface area contributed by atoms with Gasteiger partial charge in [0, 0.05) is 29.7 Å². The van der Waals surface area contributed by atoms with Crippen LogP contribution in [0.2, 0.25) is 0 Å². The molecule has 0 atom stereocenters. The van der Waals surface area contributed by atoms with E-state index < -0.39 is 11.8 Å². The van der Waals surface area contributed by atoms with E-state index in [4.69, 9.17) is 0 Å². The van der Waals surface area contributed by atoms with Crippen LogP contribution in [-0.2, 0) is 0 Å². The van der Waals surface area contributed by atoms with Gasteiger partial charge in [-0.3, -0.25) is 24.5 Å². The predicted molar refractivity (Wildman–Crippen MR) is 105 cm³/mol. The number of ketones is 1. The molecule has 3 aromatic heterocycles. The Balaban J connectivity index is 1.68. The van der Waals surface area contributed by atoms with E-state index in [0.717, 1.165) is 10.5 Å². The minimum atomic E-state index is -0.465. The molecule has 8 heteroatoms. The second kappa shape index (κ2) is 6.16. The van der Waals surface area contributed by atoms with Crippen molar-refractivity contribution in [2.75, 3.05) is 4.90 Å². The van der Waals surface area contributed by atoms with Crippen LogP contribution in [0.5, 0.6) is 0 Å². The van der Waals surface area contributed by atoms with Gasteiger partial charge in [0.05, 0.1) is 27.9 Å². The molecule has 0 bridgehead atoms. The Morgan fingerprint density at radius 3 is 2.52 bits per heavy atom. The maximum absolute atomic E-state index is 13.3. The fraction of sp³-hybridized carbons (Fsp3) is 0.0476. The molecule has 2 amide bonds. The highest BCUT2D eigenvalue weighted by molar-refractivity contribution is 6.38. The third kappa shape index (κ3) is 2.46. The number of hydrogen-bond donors (Lipinski definition) is 1.